The molecule has 9 heteroatoms. The number of anilines is 2. The minimum absolute atomic E-state index is 0.142. The Kier molecular flexibility index (Phi) is 7.05. The Morgan fingerprint density at radius 3 is 2.76 bits per heavy atom. The zero-order valence-corrected chi connectivity index (χ0v) is 19.1. The Labute approximate surface area is 196 Å². The van der Waals surface area contributed by atoms with Crippen LogP contribution in [0.1, 0.15) is 17.5 Å². The predicted molar refractivity (Wildman–Crippen MR) is 123 cm³/mol. The third-order valence-electron chi connectivity index (χ3n) is 6.37. The van der Waals surface area contributed by atoms with E-state index >= 15 is 0 Å². The fourth-order valence-corrected chi connectivity index (χ4v) is 4.95. The summed E-state index contributed by atoms with van der Waals surface area (Å²) in [5.74, 6) is -0.609. The van der Waals surface area contributed by atoms with Crippen LogP contribution in [0.2, 0.25) is 5.02 Å². The normalized spacial score (nSPS) is 20.3. The molecule has 0 saturated carbocycles. The van der Waals surface area contributed by atoms with E-state index in [0.29, 0.717) is 49.8 Å². The van der Waals surface area contributed by atoms with Crippen LogP contribution in [-0.4, -0.2) is 51.8 Å². The van der Waals surface area contributed by atoms with Crippen molar-refractivity contribution in [3.63, 3.8) is 0 Å². The van der Waals surface area contributed by atoms with Crippen LogP contribution in [0.3, 0.4) is 0 Å². The SMILES string of the molecule is COCCCNC(=O)[C@@H]1Cc2cc(C(F)(F)F)ccc2N2CCN(c3cccc(Cl)c3)C[C@@H]12. The average molecular weight is 482 g/mol. The van der Waals surface area contributed by atoms with Gasteiger partial charge in [0.05, 0.1) is 17.5 Å². The molecule has 5 nitrogen and oxygen atoms in total. The molecule has 0 bridgehead atoms. The maximum absolute atomic E-state index is 13.3. The molecular weight excluding hydrogens is 455 g/mol. The topological polar surface area (TPSA) is 44.8 Å². The van der Waals surface area contributed by atoms with Gasteiger partial charge in [-0.1, -0.05) is 17.7 Å². The second kappa shape index (κ2) is 9.81. The van der Waals surface area contributed by atoms with Gasteiger partial charge in [0.15, 0.2) is 0 Å². The third kappa shape index (κ3) is 5.22. The fraction of sp³-hybridized carbons (Fsp3) is 0.458. The Morgan fingerprint density at radius 2 is 2.03 bits per heavy atom. The van der Waals surface area contributed by atoms with Gasteiger partial charge in [0.1, 0.15) is 0 Å². The molecule has 0 radical (unpaired) electrons. The van der Waals surface area contributed by atoms with Crippen molar-refractivity contribution in [3.8, 4) is 0 Å². The molecule has 1 saturated heterocycles. The molecule has 178 valence electrons. The van der Waals surface area contributed by atoms with Crippen LogP contribution in [-0.2, 0) is 22.1 Å². The molecule has 1 N–H and O–H groups in total. The van der Waals surface area contributed by atoms with Crippen LogP contribution in [0.5, 0.6) is 0 Å². The van der Waals surface area contributed by atoms with Crippen molar-refractivity contribution in [2.75, 3.05) is 49.7 Å². The van der Waals surface area contributed by atoms with E-state index in [2.05, 4.69) is 15.1 Å². The maximum atomic E-state index is 13.3. The molecule has 2 heterocycles. The number of carbonyl (C=O) groups excluding carboxylic acids is 1. The van der Waals surface area contributed by atoms with Gasteiger partial charge in [-0.25, -0.2) is 0 Å². The lowest BCUT2D eigenvalue weighted by Crippen LogP contribution is -2.61. The molecule has 1 amide bonds. The van der Waals surface area contributed by atoms with E-state index in [1.54, 1.807) is 13.2 Å². The molecule has 33 heavy (non-hydrogen) atoms. The molecule has 2 aromatic rings. The summed E-state index contributed by atoms with van der Waals surface area (Å²) in [5, 5.41) is 3.59. The molecule has 2 aliphatic rings. The smallest absolute Gasteiger partial charge is 0.385 e. The van der Waals surface area contributed by atoms with Gasteiger partial charge in [-0.3, -0.25) is 4.79 Å². The van der Waals surface area contributed by atoms with E-state index in [1.807, 2.05) is 24.3 Å². The Balaban J connectivity index is 1.62. The van der Waals surface area contributed by atoms with Gasteiger partial charge in [0.25, 0.3) is 0 Å². The lowest BCUT2D eigenvalue weighted by molar-refractivity contribution is -0.137. The summed E-state index contributed by atoms with van der Waals surface area (Å²) < 4.78 is 45.0. The molecule has 2 aliphatic heterocycles. The highest BCUT2D eigenvalue weighted by molar-refractivity contribution is 6.30. The van der Waals surface area contributed by atoms with E-state index in [9.17, 15) is 18.0 Å². The first-order valence-corrected chi connectivity index (χ1v) is 11.4. The summed E-state index contributed by atoms with van der Waals surface area (Å²) in [4.78, 5) is 17.4. The molecule has 0 aliphatic carbocycles. The Bertz CT molecular complexity index is 1000. The monoisotopic (exact) mass is 481 g/mol. The molecule has 2 atom stereocenters. The van der Waals surface area contributed by atoms with Gasteiger partial charge < -0.3 is 19.9 Å². The van der Waals surface area contributed by atoms with Crippen molar-refractivity contribution in [2.24, 2.45) is 5.92 Å². The van der Waals surface area contributed by atoms with Gasteiger partial charge in [0.2, 0.25) is 5.91 Å². The number of nitrogens with zero attached hydrogens (tertiary/aromatic N) is 2. The van der Waals surface area contributed by atoms with Crippen molar-refractivity contribution in [2.45, 2.75) is 25.1 Å². The first kappa shape index (κ1) is 23.7. The number of amides is 1. The minimum atomic E-state index is -4.42. The van der Waals surface area contributed by atoms with Gasteiger partial charge in [-0.15, -0.1) is 0 Å². The first-order chi connectivity index (χ1) is 15.8. The number of alkyl halides is 3. The summed E-state index contributed by atoms with van der Waals surface area (Å²) in [5.41, 5.74) is 1.63. The second-order valence-electron chi connectivity index (χ2n) is 8.48. The van der Waals surface area contributed by atoms with Crippen molar-refractivity contribution >= 4 is 28.9 Å². The molecule has 1 fully saturated rings. The number of halogens is 4. The number of methoxy groups -OCH3 is 1. The number of ether oxygens (including phenoxy) is 1. The lowest BCUT2D eigenvalue weighted by atomic mass is 9.82. The minimum Gasteiger partial charge on any atom is -0.385 e. The van der Waals surface area contributed by atoms with Gasteiger partial charge in [-0.05, 0) is 54.8 Å². The van der Waals surface area contributed by atoms with Crippen LogP contribution < -0.4 is 15.1 Å². The van der Waals surface area contributed by atoms with Crippen molar-refractivity contribution in [3.05, 3.63) is 58.6 Å². The number of carbonyl (C=O) groups is 1. The number of hydrogen-bond acceptors (Lipinski definition) is 4. The van der Waals surface area contributed by atoms with Crippen molar-refractivity contribution in [1.29, 1.82) is 0 Å². The first-order valence-electron chi connectivity index (χ1n) is 11.0. The summed E-state index contributed by atoms with van der Waals surface area (Å²) >= 11 is 6.18. The van der Waals surface area contributed by atoms with Gasteiger partial charge >= 0.3 is 6.18 Å². The molecule has 4 rings (SSSR count). The molecule has 0 spiro atoms. The van der Waals surface area contributed by atoms with E-state index in [0.717, 1.165) is 17.4 Å². The quantitative estimate of drug-likeness (QED) is 0.622. The Morgan fingerprint density at radius 1 is 1.21 bits per heavy atom. The van der Waals surface area contributed by atoms with Crippen LogP contribution >= 0.6 is 11.6 Å². The summed E-state index contributed by atoms with van der Waals surface area (Å²) in [6.45, 7) is 2.85. The number of hydrogen-bond donors (Lipinski definition) is 1. The highest BCUT2D eigenvalue weighted by Gasteiger charge is 2.42. The van der Waals surface area contributed by atoms with Gasteiger partial charge in [-0.2, -0.15) is 13.2 Å². The number of benzene rings is 2. The zero-order chi connectivity index (χ0) is 23.6. The van der Waals surface area contributed by atoms with Crippen molar-refractivity contribution < 1.29 is 22.7 Å². The number of rotatable bonds is 6. The maximum Gasteiger partial charge on any atom is 0.416 e. The summed E-state index contributed by atoms with van der Waals surface area (Å²) in [6, 6.07) is 11.3. The molecular formula is C24H27ClF3N3O2. The highest BCUT2D eigenvalue weighted by atomic mass is 35.5. The zero-order valence-electron chi connectivity index (χ0n) is 18.4. The fourth-order valence-electron chi connectivity index (χ4n) is 4.77. The number of nitrogens with one attached hydrogen (secondary N) is 1. The van der Waals surface area contributed by atoms with Gasteiger partial charge in [0, 0.05) is 56.3 Å². The standard InChI is InChI=1S/C24H27ClF3N3O2/c1-33-11-3-8-29-23(32)20-13-16-12-17(24(26,27)28)6-7-21(16)31-10-9-30(15-22(20)31)19-5-2-4-18(25)14-19/h2,4-7,12,14,20,22H,3,8-11,13,15H2,1H3,(H,29,32)/t20-,22+/m1/s1. The molecule has 0 unspecified atom stereocenters. The van der Waals surface area contributed by atoms with E-state index in [-0.39, 0.29) is 18.4 Å². The van der Waals surface area contributed by atoms with E-state index in [4.69, 9.17) is 16.3 Å². The summed E-state index contributed by atoms with van der Waals surface area (Å²) in [6.07, 6.45) is -3.48. The second-order valence-corrected chi connectivity index (χ2v) is 8.91. The van der Waals surface area contributed by atoms with Crippen LogP contribution in [0, 0.1) is 5.92 Å². The summed E-state index contributed by atoms with van der Waals surface area (Å²) in [7, 11) is 1.60. The van der Waals surface area contributed by atoms with Crippen molar-refractivity contribution in [1.82, 2.24) is 5.32 Å². The number of piperazine rings is 1. The lowest BCUT2D eigenvalue weighted by Gasteiger charge is -2.49. The molecule has 2 aromatic carbocycles. The largest absolute Gasteiger partial charge is 0.416 e. The van der Waals surface area contributed by atoms with E-state index in [1.165, 1.54) is 6.07 Å². The third-order valence-corrected chi connectivity index (χ3v) is 6.61. The van der Waals surface area contributed by atoms with Crippen LogP contribution in [0.25, 0.3) is 0 Å². The predicted octanol–water partition coefficient (Wildman–Crippen LogP) is 4.38. The van der Waals surface area contributed by atoms with E-state index < -0.39 is 17.7 Å². The molecule has 0 aromatic heterocycles. The average Bonchev–Trinajstić information content (AvgIpc) is 2.80. The van der Waals surface area contributed by atoms with Crippen LogP contribution in [0.4, 0.5) is 24.5 Å². The Hall–Kier alpha value is -2.45. The highest BCUT2D eigenvalue weighted by Crippen LogP contribution is 2.40. The number of fused-ring (bicyclic) bond motifs is 3. The van der Waals surface area contributed by atoms with Crippen LogP contribution in [0.15, 0.2) is 42.5 Å².